The summed E-state index contributed by atoms with van der Waals surface area (Å²) >= 11 is 0. The van der Waals surface area contributed by atoms with E-state index < -0.39 is 9.84 Å². The van der Waals surface area contributed by atoms with Gasteiger partial charge < -0.3 is 25.0 Å². The number of nitrogens with zero attached hydrogens (tertiary/aromatic N) is 2. The summed E-state index contributed by atoms with van der Waals surface area (Å²) in [5.74, 6) is 0.797. The lowest BCUT2D eigenvalue weighted by molar-refractivity contribution is 0.154. The molecule has 152 valence electrons. The molecule has 0 fully saturated rings. The summed E-state index contributed by atoms with van der Waals surface area (Å²) in [5, 5.41) is 6.34. The topological polar surface area (TPSA) is 92.3 Å². The molecule has 0 atom stereocenters. The van der Waals surface area contributed by atoms with Crippen molar-refractivity contribution in [2.24, 2.45) is 4.99 Å². The fraction of sp³-hybridized carbons (Fsp3) is 0.933. The molecule has 0 rings (SSSR count). The summed E-state index contributed by atoms with van der Waals surface area (Å²) in [6.45, 7) is 7.38. The van der Waals surface area contributed by atoms with Gasteiger partial charge >= 0.3 is 0 Å². The molecule has 0 spiro atoms. The number of likely N-dealkylation sites (N-methyl/N-ethyl adjacent to an activating group) is 1. The van der Waals surface area contributed by atoms with Crippen LogP contribution in [0, 0.1) is 0 Å². The summed E-state index contributed by atoms with van der Waals surface area (Å²) in [4.78, 5) is 6.73. The van der Waals surface area contributed by atoms with E-state index in [9.17, 15) is 8.42 Å². The number of aliphatic imine (C=N–C) groups is 1. The van der Waals surface area contributed by atoms with Gasteiger partial charge in [0.2, 0.25) is 0 Å². The van der Waals surface area contributed by atoms with E-state index in [1.54, 1.807) is 7.11 Å². The zero-order valence-corrected chi connectivity index (χ0v) is 19.1. The van der Waals surface area contributed by atoms with Crippen LogP contribution in [0.25, 0.3) is 0 Å². The van der Waals surface area contributed by atoms with Gasteiger partial charge in [0.25, 0.3) is 0 Å². The highest BCUT2D eigenvalue weighted by atomic mass is 127. The summed E-state index contributed by atoms with van der Waals surface area (Å²) in [7, 11) is 0.823. The Morgan fingerprint density at radius 1 is 1.16 bits per heavy atom. The third kappa shape index (κ3) is 20.0. The first-order valence-electron chi connectivity index (χ1n) is 8.34. The lowest BCUT2D eigenvalue weighted by atomic mass is 10.4. The maximum Gasteiger partial charge on any atom is 0.191 e. The number of guanidine groups is 1. The summed E-state index contributed by atoms with van der Waals surface area (Å²) in [5.41, 5.74) is 0. The third-order valence-electron chi connectivity index (χ3n) is 3.12. The molecule has 0 aromatic rings. The second-order valence-electron chi connectivity index (χ2n) is 5.58. The van der Waals surface area contributed by atoms with Gasteiger partial charge in [-0.15, -0.1) is 24.0 Å². The number of ether oxygens (including phenoxy) is 2. The van der Waals surface area contributed by atoms with Gasteiger partial charge in [-0.25, -0.2) is 8.42 Å². The van der Waals surface area contributed by atoms with Crippen molar-refractivity contribution in [3.8, 4) is 0 Å². The molecule has 0 aliphatic rings. The van der Waals surface area contributed by atoms with E-state index in [1.165, 1.54) is 6.26 Å². The zero-order valence-electron chi connectivity index (χ0n) is 15.9. The van der Waals surface area contributed by atoms with Gasteiger partial charge in [-0.2, -0.15) is 0 Å². The molecule has 0 unspecified atom stereocenters. The first-order valence-corrected chi connectivity index (χ1v) is 10.4. The molecular weight excluding hydrogens is 459 g/mol. The van der Waals surface area contributed by atoms with E-state index in [-0.39, 0.29) is 36.3 Å². The number of nitrogens with one attached hydrogen (secondary N) is 2. The van der Waals surface area contributed by atoms with Gasteiger partial charge in [-0.3, -0.25) is 4.99 Å². The molecule has 0 aromatic carbocycles. The van der Waals surface area contributed by atoms with Crippen molar-refractivity contribution >= 4 is 39.8 Å². The molecule has 2 N–H and O–H groups in total. The Balaban J connectivity index is 0. The monoisotopic (exact) mass is 494 g/mol. The van der Waals surface area contributed by atoms with Crippen LogP contribution in [0.15, 0.2) is 4.99 Å². The normalized spacial score (nSPS) is 12.1. The van der Waals surface area contributed by atoms with Gasteiger partial charge in [-0.05, 0) is 20.4 Å². The molecular formula is C15H35IN4O4S. The van der Waals surface area contributed by atoms with Crippen LogP contribution in [-0.2, 0) is 19.3 Å². The predicted molar refractivity (Wildman–Crippen MR) is 114 cm³/mol. The van der Waals surface area contributed by atoms with Crippen molar-refractivity contribution in [2.45, 2.75) is 13.3 Å². The average Bonchev–Trinajstić information content (AvgIpc) is 2.50. The molecule has 0 heterocycles. The van der Waals surface area contributed by atoms with Crippen molar-refractivity contribution in [3.05, 3.63) is 0 Å². The van der Waals surface area contributed by atoms with E-state index in [1.807, 2.05) is 6.92 Å². The Bertz CT molecular complexity index is 435. The standard InChI is InChI=1S/C15H34N4O4S.HI/c1-5-16-15(17-7-10-19(2)9-6-11-22-3)18-8-12-23-13-14-24(4,20)21;/h5-14H2,1-4H3,(H2,16,17,18);1H. The molecule has 0 amide bonds. The second-order valence-corrected chi connectivity index (χ2v) is 7.84. The third-order valence-corrected chi connectivity index (χ3v) is 4.03. The Labute approximate surface area is 170 Å². The van der Waals surface area contributed by atoms with Crippen molar-refractivity contribution in [3.63, 3.8) is 0 Å². The smallest absolute Gasteiger partial charge is 0.191 e. The molecule has 0 saturated carbocycles. The molecule has 25 heavy (non-hydrogen) atoms. The van der Waals surface area contributed by atoms with Crippen LogP contribution >= 0.6 is 24.0 Å². The molecule has 10 heteroatoms. The molecule has 0 aromatic heterocycles. The molecule has 8 nitrogen and oxygen atoms in total. The van der Waals surface area contributed by atoms with E-state index in [4.69, 9.17) is 9.47 Å². The van der Waals surface area contributed by atoms with Crippen LogP contribution < -0.4 is 10.6 Å². The van der Waals surface area contributed by atoms with Gasteiger partial charge in [0.1, 0.15) is 9.84 Å². The molecule has 0 aliphatic heterocycles. The highest BCUT2D eigenvalue weighted by Gasteiger charge is 2.02. The Morgan fingerprint density at radius 3 is 2.48 bits per heavy atom. The van der Waals surface area contributed by atoms with E-state index in [0.717, 1.165) is 38.6 Å². The summed E-state index contributed by atoms with van der Waals surface area (Å²) in [6, 6.07) is 0. The number of hydrogen-bond donors (Lipinski definition) is 2. The molecule has 0 saturated heterocycles. The number of halogens is 1. The van der Waals surface area contributed by atoms with Gasteiger partial charge in [-0.1, -0.05) is 0 Å². The Kier molecular flexibility index (Phi) is 18.7. The zero-order chi connectivity index (χ0) is 18.3. The fourth-order valence-electron chi connectivity index (χ4n) is 1.82. The Hall–Kier alpha value is -0.170. The predicted octanol–water partition coefficient (Wildman–Crippen LogP) is 0.189. The highest BCUT2D eigenvalue weighted by molar-refractivity contribution is 14.0. The molecule has 0 bridgehead atoms. The molecule has 0 radical (unpaired) electrons. The minimum Gasteiger partial charge on any atom is -0.385 e. The SMILES string of the molecule is CCNC(=NCCN(C)CCCOC)NCCOCCS(C)(=O)=O.I. The van der Waals surface area contributed by atoms with E-state index >= 15 is 0 Å². The summed E-state index contributed by atoms with van der Waals surface area (Å²) in [6.07, 6.45) is 2.22. The lowest BCUT2D eigenvalue weighted by Crippen LogP contribution is -2.39. The van der Waals surface area contributed by atoms with E-state index in [0.29, 0.717) is 19.7 Å². The van der Waals surface area contributed by atoms with Crippen molar-refractivity contribution in [1.82, 2.24) is 15.5 Å². The molecule has 0 aliphatic carbocycles. The van der Waals surface area contributed by atoms with Crippen LogP contribution in [0.5, 0.6) is 0 Å². The highest BCUT2D eigenvalue weighted by Crippen LogP contribution is 1.88. The second kappa shape index (κ2) is 17.3. The van der Waals surface area contributed by atoms with Crippen LogP contribution in [-0.4, -0.2) is 98.0 Å². The summed E-state index contributed by atoms with van der Waals surface area (Å²) < 4.78 is 32.3. The van der Waals surface area contributed by atoms with Gasteiger partial charge in [0.15, 0.2) is 5.96 Å². The van der Waals surface area contributed by atoms with E-state index in [2.05, 4.69) is 27.6 Å². The van der Waals surface area contributed by atoms with Crippen LogP contribution in [0.4, 0.5) is 0 Å². The van der Waals surface area contributed by atoms with Crippen LogP contribution in [0.1, 0.15) is 13.3 Å². The first-order chi connectivity index (χ1) is 11.4. The minimum atomic E-state index is -2.96. The quantitative estimate of drug-likeness (QED) is 0.154. The lowest BCUT2D eigenvalue weighted by Gasteiger charge is -2.16. The van der Waals surface area contributed by atoms with Gasteiger partial charge in [0.05, 0.1) is 25.5 Å². The van der Waals surface area contributed by atoms with Crippen molar-refractivity contribution in [1.29, 1.82) is 0 Å². The van der Waals surface area contributed by atoms with Crippen molar-refractivity contribution < 1.29 is 17.9 Å². The number of sulfone groups is 1. The first kappa shape index (κ1) is 27.1. The van der Waals surface area contributed by atoms with Crippen LogP contribution in [0.3, 0.4) is 0 Å². The Morgan fingerprint density at radius 2 is 1.88 bits per heavy atom. The maximum atomic E-state index is 11.0. The minimum absolute atomic E-state index is 0. The number of rotatable bonds is 14. The van der Waals surface area contributed by atoms with Crippen molar-refractivity contribution in [2.75, 3.05) is 78.7 Å². The number of hydrogen-bond acceptors (Lipinski definition) is 6. The number of methoxy groups -OCH3 is 1. The largest absolute Gasteiger partial charge is 0.385 e. The van der Waals surface area contributed by atoms with Crippen LogP contribution in [0.2, 0.25) is 0 Å². The van der Waals surface area contributed by atoms with Gasteiger partial charge in [0, 0.05) is 46.2 Å². The fourth-order valence-corrected chi connectivity index (χ4v) is 2.24. The average molecular weight is 494 g/mol. The maximum absolute atomic E-state index is 11.0.